The van der Waals surface area contributed by atoms with Gasteiger partial charge in [0.15, 0.2) is 0 Å². The highest BCUT2D eigenvalue weighted by Gasteiger charge is 2.29. The quantitative estimate of drug-likeness (QED) is 0.191. The lowest BCUT2D eigenvalue weighted by Crippen LogP contribution is -2.54. The summed E-state index contributed by atoms with van der Waals surface area (Å²) >= 11 is 5.69. The smallest absolute Gasteiger partial charge is 0.408 e. The SMILES string of the molecule is CC(C)[C@H](NC(=O)OC(C)(C)C)C(=S)N[C@@H](Cc1ccc(OCc2ccccc2)cc1)C(=O)OCc1ccccc1. The Labute approximate surface area is 248 Å². The number of alkyl carbamates (subject to hydrolysis) is 1. The van der Waals surface area contributed by atoms with Crippen molar-refractivity contribution in [1.82, 2.24) is 10.6 Å². The second-order valence-electron chi connectivity index (χ2n) is 11.1. The highest BCUT2D eigenvalue weighted by Crippen LogP contribution is 2.17. The van der Waals surface area contributed by atoms with E-state index in [1.807, 2.05) is 98.8 Å². The number of esters is 1. The number of rotatable bonds is 12. The molecule has 0 saturated carbocycles. The zero-order chi connectivity index (χ0) is 29.8. The average molecular weight is 577 g/mol. The second-order valence-corrected chi connectivity index (χ2v) is 11.6. The fourth-order valence-corrected chi connectivity index (χ4v) is 4.43. The van der Waals surface area contributed by atoms with Crippen molar-refractivity contribution < 1.29 is 23.8 Å². The Morgan fingerprint density at radius 3 is 1.88 bits per heavy atom. The zero-order valence-corrected chi connectivity index (χ0v) is 25.2. The average Bonchev–Trinajstić information content (AvgIpc) is 2.94. The van der Waals surface area contributed by atoms with E-state index in [-0.39, 0.29) is 12.5 Å². The summed E-state index contributed by atoms with van der Waals surface area (Å²) in [6, 6.07) is 25.7. The van der Waals surface area contributed by atoms with Gasteiger partial charge in [-0.2, -0.15) is 0 Å². The number of amides is 1. The number of hydrogen-bond acceptors (Lipinski definition) is 6. The molecular weight excluding hydrogens is 536 g/mol. The molecule has 8 heteroatoms. The molecule has 218 valence electrons. The maximum Gasteiger partial charge on any atom is 0.408 e. The molecule has 2 N–H and O–H groups in total. The minimum Gasteiger partial charge on any atom is -0.489 e. The number of nitrogens with one attached hydrogen (secondary N) is 2. The lowest BCUT2D eigenvalue weighted by Gasteiger charge is -2.28. The van der Waals surface area contributed by atoms with E-state index >= 15 is 0 Å². The van der Waals surface area contributed by atoms with Crippen molar-refractivity contribution in [1.29, 1.82) is 0 Å². The van der Waals surface area contributed by atoms with E-state index in [2.05, 4.69) is 10.6 Å². The van der Waals surface area contributed by atoms with E-state index in [0.717, 1.165) is 22.4 Å². The molecule has 7 nitrogen and oxygen atoms in total. The number of hydrogen-bond donors (Lipinski definition) is 2. The molecule has 0 aliphatic rings. The Bertz CT molecular complexity index is 1260. The van der Waals surface area contributed by atoms with Gasteiger partial charge in [0.1, 0.15) is 30.6 Å². The number of carbonyl (C=O) groups is 2. The third kappa shape index (κ3) is 11.2. The predicted octanol–water partition coefficient (Wildman–Crippen LogP) is 6.39. The molecule has 2 atom stereocenters. The summed E-state index contributed by atoms with van der Waals surface area (Å²) < 4.78 is 17.0. The summed E-state index contributed by atoms with van der Waals surface area (Å²) in [7, 11) is 0. The summed E-state index contributed by atoms with van der Waals surface area (Å²) in [5.74, 6) is 0.232. The minimum atomic E-state index is -0.774. The minimum absolute atomic E-state index is 0.0513. The first-order valence-electron chi connectivity index (χ1n) is 13.8. The van der Waals surface area contributed by atoms with Gasteiger partial charge in [-0.05, 0) is 55.5 Å². The van der Waals surface area contributed by atoms with Crippen molar-refractivity contribution in [2.75, 3.05) is 0 Å². The van der Waals surface area contributed by atoms with Crippen LogP contribution in [0.5, 0.6) is 5.75 Å². The molecule has 0 fully saturated rings. The molecule has 1 amide bonds. The third-order valence-electron chi connectivity index (χ3n) is 6.06. The Morgan fingerprint density at radius 1 is 0.780 bits per heavy atom. The summed E-state index contributed by atoms with van der Waals surface area (Å²) in [6.45, 7) is 9.87. The van der Waals surface area contributed by atoms with Crippen LogP contribution in [0, 0.1) is 5.92 Å². The summed E-state index contributed by atoms with van der Waals surface area (Å²) in [4.78, 5) is 26.1. The maximum absolute atomic E-state index is 13.3. The molecule has 0 aromatic heterocycles. The fraction of sp³-hybridized carbons (Fsp3) is 0.364. The van der Waals surface area contributed by atoms with Crippen LogP contribution >= 0.6 is 12.2 Å². The van der Waals surface area contributed by atoms with Crippen LogP contribution in [-0.4, -0.2) is 34.7 Å². The topological polar surface area (TPSA) is 85.9 Å². The van der Waals surface area contributed by atoms with Gasteiger partial charge >= 0.3 is 12.1 Å². The molecule has 0 saturated heterocycles. The molecule has 0 aliphatic carbocycles. The first-order chi connectivity index (χ1) is 19.5. The molecule has 0 spiro atoms. The van der Waals surface area contributed by atoms with Crippen LogP contribution in [0.4, 0.5) is 4.79 Å². The maximum atomic E-state index is 13.3. The molecule has 0 aliphatic heterocycles. The van der Waals surface area contributed by atoms with E-state index < -0.39 is 29.7 Å². The molecule has 0 bridgehead atoms. The van der Waals surface area contributed by atoms with E-state index in [9.17, 15) is 9.59 Å². The molecule has 3 aromatic rings. The molecule has 0 unspecified atom stereocenters. The normalized spacial score (nSPS) is 12.6. The predicted molar refractivity (Wildman–Crippen MR) is 165 cm³/mol. The van der Waals surface area contributed by atoms with Crippen molar-refractivity contribution in [3.63, 3.8) is 0 Å². The number of ether oxygens (including phenoxy) is 3. The monoisotopic (exact) mass is 576 g/mol. The summed E-state index contributed by atoms with van der Waals surface area (Å²) in [6.07, 6.45) is -0.251. The molecule has 41 heavy (non-hydrogen) atoms. The molecule has 3 aromatic carbocycles. The first-order valence-corrected chi connectivity index (χ1v) is 14.2. The van der Waals surface area contributed by atoms with Crippen LogP contribution in [0.25, 0.3) is 0 Å². The number of benzene rings is 3. The molecular formula is C33H40N2O5S. The van der Waals surface area contributed by atoms with Gasteiger partial charge in [-0.15, -0.1) is 0 Å². The molecule has 0 heterocycles. The van der Waals surface area contributed by atoms with E-state index in [1.165, 1.54) is 0 Å². The van der Waals surface area contributed by atoms with Crippen LogP contribution in [0.15, 0.2) is 84.9 Å². The van der Waals surface area contributed by atoms with Gasteiger partial charge in [0.25, 0.3) is 0 Å². The van der Waals surface area contributed by atoms with Crippen LogP contribution in [-0.2, 0) is 33.9 Å². The Morgan fingerprint density at radius 2 is 1.34 bits per heavy atom. The van der Waals surface area contributed by atoms with Crippen molar-refractivity contribution in [2.45, 2.75) is 71.9 Å². The molecule has 0 radical (unpaired) electrons. The van der Waals surface area contributed by atoms with Crippen LogP contribution in [0.1, 0.15) is 51.3 Å². The summed E-state index contributed by atoms with van der Waals surface area (Å²) in [5.41, 5.74) is 2.21. The first kappa shape index (κ1) is 31.6. The van der Waals surface area contributed by atoms with Crippen LogP contribution in [0.3, 0.4) is 0 Å². The fourth-order valence-electron chi connectivity index (χ4n) is 3.95. The van der Waals surface area contributed by atoms with Gasteiger partial charge in [0.05, 0.1) is 11.0 Å². The summed E-state index contributed by atoms with van der Waals surface area (Å²) in [5, 5.41) is 6.01. The largest absolute Gasteiger partial charge is 0.489 e. The van der Waals surface area contributed by atoms with Crippen molar-refractivity contribution in [3.8, 4) is 5.75 Å². The van der Waals surface area contributed by atoms with Gasteiger partial charge in [-0.3, -0.25) is 0 Å². The van der Waals surface area contributed by atoms with Crippen molar-refractivity contribution in [2.24, 2.45) is 5.92 Å². The van der Waals surface area contributed by atoms with E-state index in [4.69, 9.17) is 26.4 Å². The van der Waals surface area contributed by atoms with Gasteiger partial charge in [0.2, 0.25) is 0 Å². The Balaban J connectivity index is 1.71. The molecule has 3 rings (SSSR count). The number of carbonyl (C=O) groups excluding carboxylic acids is 2. The van der Waals surface area contributed by atoms with E-state index in [1.54, 1.807) is 20.8 Å². The van der Waals surface area contributed by atoms with Crippen molar-refractivity contribution >= 4 is 29.3 Å². The standard InChI is InChI=1S/C33H40N2O5S/c1-23(2)29(35-32(37)40-33(3,4)5)30(41)34-28(31(36)39-22-26-14-10-7-11-15-26)20-24-16-18-27(19-17-24)38-21-25-12-8-6-9-13-25/h6-19,23,28-29H,20-22H2,1-5H3,(H,34,41)(H,35,37)/t28-,29-/m0/s1. The lowest BCUT2D eigenvalue weighted by atomic mass is 10.0. The van der Waals surface area contributed by atoms with Gasteiger partial charge in [-0.1, -0.05) is 98.9 Å². The van der Waals surface area contributed by atoms with E-state index in [0.29, 0.717) is 18.0 Å². The second kappa shape index (κ2) is 15.2. The van der Waals surface area contributed by atoms with Crippen LogP contribution in [0.2, 0.25) is 0 Å². The zero-order valence-electron chi connectivity index (χ0n) is 24.4. The Kier molecular flexibility index (Phi) is 11.7. The van der Waals surface area contributed by atoms with Gasteiger partial charge < -0.3 is 24.8 Å². The number of thiocarbonyl (C=S) groups is 1. The highest BCUT2D eigenvalue weighted by atomic mass is 32.1. The van der Waals surface area contributed by atoms with Crippen LogP contribution < -0.4 is 15.4 Å². The third-order valence-corrected chi connectivity index (χ3v) is 6.43. The highest BCUT2D eigenvalue weighted by molar-refractivity contribution is 7.80. The lowest BCUT2D eigenvalue weighted by molar-refractivity contribution is -0.147. The Hall–Kier alpha value is -3.91. The van der Waals surface area contributed by atoms with Gasteiger partial charge in [0, 0.05) is 6.42 Å². The van der Waals surface area contributed by atoms with Crippen molar-refractivity contribution in [3.05, 3.63) is 102 Å². The van der Waals surface area contributed by atoms with Gasteiger partial charge in [-0.25, -0.2) is 9.59 Å².